The summed E-state index contributed by atoms with van der Waals surface area (Å²) in [5.74, 6) is 0. The monoisotopic (exact) mass is 260 g/mol. The van der Waals surface area contributed by atoms with Crippen LogP contribution < -0.4 is 10.6 Å². The molecule has 3 N–H and O–H groups in total. The number of hydrogen-bond acceptors (Lipinski definition) is 4. The Morgan fingerprint density at radius 2 is 1.89 bits per heavy atom. The van der Waals surface area contributed by atoms with Crippen molar-refractivity contribution in [2.75, 3.05) is 13.2 Å². The number of ether oxygens (including phenoxy) is 1. The van der Waals surface area contributed by atoms with Crippen molar-refractivity contribution >= 4 is 6.09 Å². The number of hydrogen-bond donors (Lipinski definition) is 3. The van der Waals surface area contributed by atoms with E-state index >= 15 is 0 Å². The molecule has 0 aliphatic carbocycles. The van der Waals surface area contributed by atoms with Crippen molar-refractivity contribution in [1.29, 1.82) is 0 Å². The molecule has 0 bridgehead atoms. The van der Waals surface area contributed by atoms with Crippen molar-refractivity contribution < 1.29 is 14.6 Å². The molecule has 0 aromatic rings. The van der Waals surface area contributed by atoms with E-state index in [0.29, 0.717) is 12.6 Å². The van der Waals surface area contributed by atoms with Crippen LogP contribution in [-0.4, -0.2) is 42.0 Å². The fourth-order valence-corrected chi connectivity index (χ4v) is 1.58. The summed E-state index contributed by atoms with van der Waals surface area (Å²) in [5, 5.41) is 14.8. The maximum atomic E-state index is 11.4. The van der Waals surface area contributed by atoms with Gasteiger partial charge in [-0.05, 0) is 47.5 Å². The Morgan fingerprint density at radius 3 is 2.39 bits per heavy atom. The summed E-state index contributed by atoms with van der Waals surface area (Å²) in [6, 6.07) is 0.499. The Hall–Kier alpha value is -0.810. The van der Waals surface area contributed by atoms with Crippen molar-refractivity contribution in [1.82, 2.24) is 10.6 Å². The molecule has 0 saturated carbocycles. The number of carbonyl (C=O) groups is 1. The standard InChI is InChI=1S/C13H28N2O3/c1-10(7-6-8-16)15-11(2)9-14-12(17)18-13(3,4)5/h10-11,15-16H,6-9H2,1-5H3,(H,14,17). The smallest absolute Gasteiger partial charge is 0.407 e. The minimum Gasteiger partial charge on any atom is -0.444 e. The van der Waals surface area contributed by atoms with Crippen LogP contribution in [0.1, 0.15) is 47.5 Å². The average Bonchev–Trinajstić information content (AvgIpc) is 2.21. The Kier molecular flexibility index (Phi) is 7.95. The van der Waals surface area contributed by atoms with Crippen LogP contribution in [0.5, 0.6) is 0 Å². The molecule has 0 aromatic heterocycles. The molecule has 5 heteroatoms. The van der Waals surface area contributed by atoms with E-state index in [9.17, 15) is 4.79 Å². The lowest BCUT2D eigenvalue weighted by Crippen LogP contribution is -2.44. The molecule has 0 heterocycles. The van der Waals surface area contributed by atoms with Gasteiger partial charge in [-0.25, -0.2) is 4.79 Å². The van der Waals surface area contributed by atoms with Crippen molar-refractivity contribution in [2.24, 2.45) is 0 Å². The number of aliphatic hydroxyl groups excluding tert-OH is 1. The molecule has 5 nitrogen and oxygen atoms in total. The van der Waals surface area contributed by atoms with E-state index < -0.39 is 5.60 Å². The van der Waals surface area contributed by atoms with E-state index in [1.54, 1.807) is 0 Å². The van der Waals surface area contributed by atoms with E-state index in [0.717, 1.165) is 12.8 Å². The largest absolute Gasteiger partial charge is 0.444 e. The molecule has 18 heavy (non-hydrogen) atoms. The molecule has 0 fully saturated rings. The van der Waals surface area contributed by atoms with Crippen LogP contribution in [-0.2, 0) is 4.74 Å². The highest BCUT2D eigenvalue weighted by molar-refractivity contribution is 5.67. The molecule has 0 aromatic carbocycles. The van der Waals surface area contributed by atoms with Crippen molar-refractivity contribution in [3.63, 3.8) is 0 Å². The van der Waals surface area contributed by atoms with Crippen LogP contribution in [0.15, 0.2) is 0 Å². The van der Waals surface area contributed by atoms with Gasteiger partial charge in [-0.15, -0.1) is 0 Å². The van der Waals surface area contributed by atoms with Crippen LogP contribution in [0.4, 0.5) is 4.79 Å². The summed E-state index contributed by atoms with van der Waals surface area (Å²) in [5.41, 5.74) is -0.463. The molecule has 108 valence electrons. The molecule has 0 rings (SSSR count). The van der Waals surface area contributed by atoms with E-state index in [1.807, 2.05) is 27.7 Å². The zero-order valence-electron chi connectivity index (χ0n) is 12.2. The van der Waals surface area contributed by atoms with Gasteiger partial charge in [0.1, 0.15) is 5.60 Å². The first-order valence-electron chi connectivity index (χ1n) is 6.58. The molecular formula is C13H28N2O3. The zero-order chi connectivity index (χ0) is 14.2. The summed E-state index contributed by atoms with van der Waals surface area (Å²) in [4.78, 5) is 11.4. The van der Waals surface area contributed by atoms with Gasteiger partial charge in [0.25, 0.3) is 0 Å². The minimum atomic E-state index is -0.463. The van der Waals surface area contributed by atoms with Gasteiger partial charge >= 0.3 is 6.09 Å². The van der Waals surface area contributed by atoms with Crippen molar-refractivity contribution in [2.45, 2.75) is 65.1 Å². The topological polar surface area (TPSA) is 70.6 Å². The maximum Gasteiger partial charge on any atom is 0.407 e. The highest BCUT2D eigenvalue weighted by Crippen LogP contribution is 2.06. The van der Waals surface area contributed by atoms with Gasteiger partial charge in [-0.2, -0.15) is 0 Å². The number of aliphatic hydroxyl groups is 1. The second kappa shape index (κ2) is 8.32. The van der Waals surface area contributed by atoms with E-state index in [1.165, 1.54) is 0 Å². The summed E-state index contributed by atoms with van der Waals surface area (Å²) in [6.45, 7) is 10.3. The summed E-state index contributed by atoms with van der Waals surface area (Å²) < 4.78 is 5.15. The van der Waals surface area contributed by atoms with Crippen LogP contribution in [0.3, 0.4) is 0 Å². The average molecular weight is 260 g/mol. The second-order valence-corrected chi connectivity index (χ2v) is 5.72. The number of rotatable bonds is 7. The van der Waals surface area contributed by atoms with Crippen molar-refractivity contribution in [3.05, 3.63) is 0 Å². The van der Waals surface area contributed by atoms with Gasteiger partial charge < -0.3 is 20.5 Å². The number of alkyl carbamates (subject to hydrolysis) is 1. The van der Waals surface area contributed by atoms with Crippen molar-refractivity contribution in [3.8, 4) is 0 Å². The fraction of sp³-hybridized carbons (Fsp3) is 0.923. The normalized spacial score (nSPS) is 15.0. The Labute approximate surface area is 110 Å². The molecule has 0 aliphatic heterocycles. The summed E-state index contributed by atoms with van der Waals surface area (Å²) in [7, 11) is 0. The lowest BCUT2D eigenvalue weighted by Gasteiger charge is -2.23. The molecule has 1 amide bonds. The highest BCUT2D eigenvalue weighted by Gasteiger charge is 2.16. The Bertz CT molecular complexity index is 239. The number of carbonyl (C=O) groups excluding carboxylic acids is 1. The van der Waals surface area contributed by atoms with Gasteiger partial charge in [0.15, 0.2) is 0 Å². The third kappa shape index (κ3) is 10.4. The van der Waals surface area contributed by atoms with Gasteiger partial charge in [0.2, 0.25) is 0 Å². The van der Waals surface area contributed by atoms with E-state index in [2.05, 4.69) is 17.6 Å². The first kappa shape index (κ1) is 17.2. The zero-order valence-corrected chi connectivity index (χ0v) is 12.2. The highest BCUT2D eigenvalue weighted by atomic mass is 16.6. The number of amides is 1. The van der Waals surface area contributed by atoms with Gasteiger partial charge in [0, 0.05) is 25.2 Å². The molecule has 0 saturated heterocycles. The minimum absolute atomic E-state index is 0.172. The third-order valence-corrected chi connectivity index (χ3v) is 2.32. The molecule has 0 spiro atoms. The first-order valence-corrected chi connectivity index (χ1v) is 6.58. The quantitative estimate of drug-likeness (QED) is 0.651. The van der Waals surface area contributed by atoms with Crippen LogP contribution in [0.2, 0.25) is 0 Å². The van der Waals surface area contributed by atoms with E-state index in [4.69, 9.17) is 9.84 Å². The lowest BCUT2D eigenvalue weighted by molar-refractivity contribution is 0.0522. The first-order chi connectivity index (χ1) is 8.24. The fourth-order valence-electron chi connectivity index (χ4n) is 1.58. The van der Waals surface area contributed by atoms with Gasteiger partial charge in [-0.3, -0.25) is 0 Å². The molecule has 0 radical (unpaired) electrons. The molecule has 2 unspecified atom stereocenters. The van der Waals surface area contributed by atoms with Gasteiger partial charge in [0.05, 0.1) is 0 Å². The van der Waals surface area contributed by atoms with Crippen LogP contribution >= 0.6 is 0 Å². The van der Waals surface area contributed by atoms with Crippen LogP contribution in [0, 0.1) is 0 Å². The SMILES string of the molecule is CC(CCCO)NC(C)CNC(=O)OC(C)(C)C. The molecule has 0 aliphatic rings. The summed E-state index contributed by atoms with van der Waals surface area (Å²) in [6.07, 6.45) is 1.33. The Morgan fingerprint density at radius 1 is 1.28 bits per heavy atom. The predicted molar refractivity (Wildman–Crippen MR) is 72.6 cm³/mol. The molecular weight excluding hydrogens is 232 g/mol. The Balaban J connectivity index is 3.76. The lowest BCUT2D eigenvalue weighted by atomic mass is 10.1. The van der Waals surface area contributed by atoms with Crippen LogP contribution in [0.25, 0.3) is 0 Å². The maximum absolute atomic E-state index is 11.4. The summed E-state index contributed by atoms with van der Waals surface area (Å²) >= 11 is 0. The number of nitrogens with one attached hydrogen (secondary N) is 2. The van der Waals surface area contributed by atoms with E-state index in [-0.39, 0.29) is 18.7 Å². The molecule has 2 atom stereocenters. The third-order valence-electron chi connectivity index (χ3n) is 2.32. The van der Waals surface area contributed by atoms with Gasteiger partial charge in [-0.1, -0.05) is 0 Å². The second-order valence-electron chi connectivity index (χ2n) is 5.72. The predicted octanol–water partition coefficient (Wildman–Crippen LogP) is 1.65.